The Kier molecular flexibility index (Phi) is 5.95. The average molecular weight is 413 g/mol. The van der Waals surface area contributed by atoms with Crippen molar-refractivity contribution in [2.45, 2.75) is 69.8 Å². The molecule has 2 saturated heterocycles. The molecule has 4 rings (SSSR count). The highest BCUT2D eigenvalue weighted by atomic mass is 16.3. The molecule has 1 aromatic heterocycles. The van der Waals surface area contributed by atoms with Crippen LogP contribution in [0.3, 0.4) is 0 Å². The lowest BCUT2D eigenvalue weighted by molar-refractivity contribution is 0.0536. The highest BCUT2D eigenvalue weighted by Gasteiger charge is 2.41. The summed E-state index contributed by atoms with van der Waals surface area (Å²) in [5, 5.41) is 14.0. The Morgan fingerprint density at radius 1 is 1.23 bits per heavy atom. The van der Waals surface area contributed by atoms with Gasteiger partial charge in [-0.15, -0.1) is 0 Å². The third-order valence-electron chi connectivity index (χ3n) is 6.62. The summed E-state index contributed by atoms with van der Waals surface area (Å²) in [5.41, 5.74) is 6.39. The standard InChI is InChI=1S/C23H32N4O3/c1-14(2)27-21-6-4-3-5-15(21)9-20(23(27)30)22(29)25-16-10-17-7-8-18(11-16)26(17)13-19(28)12-24/h3-6,9,14,16-19,28H,7-8,10-13,24H2,1-2H3,(H,25,29)/t16?,17-,18+,19?. The van der Waals surface area contributed by atoms with E-state index in [1.807, 2.05) is 38.1 Å². The van der Waals surface area contributed by atoms with Crippen LogP contribution >= 0.6 is 0 Å². The molecule has 1 aromatic carbocycles. The van der Waals surface area contributed by atoms with E-state index in [0.717, 1.165) is 36.6 Å². The van der Waals surface area contributed by atoms with Crippen LogP contribution in [0.1, 0.15) is 55.9 Å². The Morgan fingerprint density at radius 3 is 2.53 bits per heavy atom. The maximum atomic E-state index is 13.1. The fourth-order valence-corrected chi connectivity index (χ4v) is 5.23. The number of fused-ring (bicyclic) bond motifs is 3. The second-order valence-corrected chi connectivity index (χ2v) is 9.00. The molecule has 3 heterocycles. The molecule has 2 fully saturated rings. The van der Waals surface area contributed by atoms with E-state index in [2.05, 4.69) is 10.2 Å². The SMILES string of the molecule is CC(C)n1c(=O)c(C(=O)NC2C[C@H]3CC[C@@H](C2)N3CC(O)CN)cc2ccccc21. The van der Waals surface area contributed by atoms with Crippen LogP contribution in [-0.4, -0.2) is 57.8 Å². The van der Waals surface area contributed by atoms with E-state index in [4.69, 9.17) is 5.73 Å². The Bertz CT molecular complexity index is 972. The first kappa shape index (κ1) is 21.0. The number of hydrogen-bond donors (Lipinski definition) is 3. The van der Waals surface area contributed by atoms with Crippen LogP contribution in [0.2, 0.25) is 0 Å². The summed E-state index contributed by atoms with van der Waals surface area (Å²) < 4.78 is 1.70. The fourth-order valence-electron chi connectivity index (χ4n) is 5.23. The van der Waals surface area contributed by atoms with Gasteiger partial charge in [-0.25, -0.2) is 0 Å². The maximum Gasteiger partial charge on any atom is 0.264 e. The molecule has 1 amide bonds. The van der Waals surface area contributed by atoms with E-state index in [-0.39, 0.29) is 35.7 Å². The number of rotatable bonds is 6. The van der Waals surface area contributed by atoms with Crippen LogP contribution in [0.15, 0.2) is 35.1 Å². The number of aromatic nitrogens is 1. The van der Waals surface area contributed by atoms with Gasteiger partial charge >= 0.3 is 0 Å². The summed E-state index contributed by atoms with van der Waals surface area (Å²) in [5.74, 6) is -0.292. The van der Waals surface area contributed by atoms with Gasteiger partial charge in [0.2, 0.25) is 0 Å². The topological polar surface area (TPSA) is 101 Å². The van der Waals surface area contributed by atoms with E-state index in [1.165, 1.54) is 0 Å². The van der Waals surface area contributed by atoms with Crippen molar-refractivity contribution in [2.24, 2.45) is 5.73 Å². The number of para-hydroxylation sites is 1. The van der Waals surface area contributed by atoms with E-state index in [0.29, 0.717) is 18.6 Å². The Labute approximate surface area is 176 Å². The Balaban J connectivity index is 1.54. The van der Waals surface area contributed by atoms with E-state index >= 15 is 0 Å². The van der Waals surface area contributed by atoms with E-state index in [1.54, 1.807) is 10.6 Å². The van der Waals surface area contributed by atoms with E-state index < -0.39 is 6.10 Å². The van der Waals surface area contributed by atoms with Crippen molar-refractivity contribution in [3.8, 4) is 0 Å². The van der Waals surface area contributed by atoms with Crippen LogP contribution < -0.4 is 16.6 Å². The smallest absolute Gasteiger partial charge is 0.264 e. The molecule has 2 aromatic rings. The second kappa shape index (κ2) is 8.49. The zero-order valence-corrected chi connectivity index (χ0v) is 17.8. The van der Waals surface area contributed by atoms with Crippen LogP contribution in [0.5, 0.6) is 0 Å². The third-order valence-corrected chi connectivity index (χ3v) is 6.62. The molecule has 162 valence electrons. The van der Waals surface area contributed by atoms with Crippen LogP contribution in [0.4, 0.5) is 0 Å². The van der Waals surface area contributed by atoms with Gasteiger partial charge in [-0.1, -0.05) is 18.2 Å². The number of aliphatic hydroxyl groups excluding tert-OH is 1. The van der Waals surface area contributed by atoms with Gasteiger partial charge < -0.3 is 20.7 Å². The number of hydrogen-bond acceptors (Lipinski definition) is 5. The monoisotopic (exact) mass is 412 g/mol. The lowest BCUT2D eigenvalue weighted by atomic mass is 9.96. The normalized spacial score (nSPS) is 25.0. The van der Waals surface area contributed by atoms with Crippen molar-refractivity contribution in [3.63, 3.8) is 0 Å². The largest absolute Gasteiger partial charge is 0.390 e. The number of aliphatic hydroxyl groups is 1. The number of nitrogens with zero attached hydrogens (tertiary/aromatic N) is 2. The molecule has 0 radical (unpaired) electrons. The highest BCUT2D eigenvalue weighted by Crippen LogP contribution is 2.35. The van der Waals surface area contributed by atoms with Crippen molar-refractivity contribution in [1.82, 2.24) is 14.8 Å². The Morgan fingerprint density at radius 2 is 1.90 bits per heavy atom. The van der Waals surface area contributed by atoms with Crippen molar-refractivity contribution in [2.75, 3.05) is 13.1 Å². The summed E-state index contributed by atoms with van der Waals surface area (Å²) >= 11 is 0. The minimum Gasteiger partial charge on any atom is -0.390 e. The molecule has 30 heavy (non-hydrogen) atoms. The molecule has 2 bridgehead atoms. The van der Waals surface area contributed by atoms with Crippen LogP contribution in [-0.2, 0) is 0 Å². The Hall–Kier alpha value is -2.22. The first-order valence-corrected chi connectivity index (χ1v) is 11.0. The van der Waals surface area contributed by atoms with Crippen LogP contribution in [0, 0.1) is 0 Å². The molecule has 2 unspecified atom stereocenters. The number of nitrogens with two attached hydrogens (primary N) is 1. The summed E-state index contributed by atoms with van der Waals surface area (Å²) in [6.07, 6.45) is 3.32. The van der Waals surface area contributed by atoms with Gasteiger partial charge in [0.1, 0.15) is 5.56 Å². The summed E-state index contributed by atoms with van der Waals surface area (Å²) in [7, 11) is 0. The number of carbonyl (C=O) groups is 1. The minimum atomic E-state index is -0.508. The highest BCUT2D eigenvalue weighted by molar-refractivity contribution is 5.97. The molecule has 0 spiro atoms. The van der Waals surface area contributed by atoms with Crippen molar-refractivity contribution < 1.29 is 9.90 Å². The zero-order chi connectivity index (χ0) is 21.4. The molecular formula is C23H32N4O3. The molecule has 0 saturated carbocycles. The van der Waals surface area contributed by atoms with Gasteiger partial charge in [-0.05, 0) is 57.0 Å². The van der Waals surface area contributed by atoms with E-state index in [9.17, 15) is 14.7 Å². The lowest BCUT2D eigenvalue weighted by Crippen LogP contribution is -2.53. The predicted octanol–water partition coefficient (Wildman–Crippen LogP) is 1.63. The summed E-state index contributed by atoms with van der Waals surface area (Å²) in [6, 6.07) is 10.1. The van der Waals surface area contributed by atoms with Gasteiger partial charge in [-0.3, -0.25) is 14.5 Å². The molecule has 4 atom stereocenters. The molecule has 0 aliphatic carbocycles. The van der Waals surface area contributed by atoms with Crippen molar-refractivity contribution in [3.05, 3.63) is 46.2 Å². The van der Waals surface area contributed by atoms with Crippen molar-refractivity contribution in [1.29, 1.82) is 0 Å². The quantitative estimate of drug-likeness (QED) is 0.670. The van der Waals surface area contributed by atoms with Crippen LogP contribution in [0.25, 0.3) is 10.9 Å². The third kappa shape index (κ3) is 3.89. The predicted molar refractivity (Wildman–Crippen MR) is 118 cm³/mol. The van der Waals surface area contributed by atoms with Gasteiger partial charge in [0.15, 0.2) is 0 Å². The molecule has 2 aliphatic heterocycles. The number of nitrogens with one attached hydrogen (secondary N) is 1. The summed E-state index contributed by atoms with van der Waals surface area (Å²) in [6.45, 7) is 4.77. The number of carbonyl (C=O) groups excluding carboxylic acids is 1. The number of piperidine rings is 1. The fraction of sp³-hybridized carbons (Fsp3) is 0.565. The first-order chi connectivity index (χ1) is 14.4. The molecule has 2 aliphatic rings. The van der Waals surface area contributed by atoms with Gasteiger partial charge in [0.25, 0.3) is 11.5 Å². The molecule has 7 nitrogen and oxygen atoms in total. The minimum absolute atomic E-state index is 0.0387. The maximum absolute atomic E-state index is 13.1. The molecular weight excluding hydrogens is 380 g/mol. The first-order valence-electron chi connectivity index (χ1n) is 11.0. The number of benzene rings is 1. The van der Waals surface area contributed by atoms with Crippen molar-refractivity contribution >= 4 is 16.8 Å². The van der Waals surface area contributed by atoms with Gasteiger partial charge in [0, 0.05) is 37.3 Å². The average Bonchev–Trinajstić information content (AvgIpc) is 2.94. The zero-order valence-electron chi connectivity index (χ0n) is 17.8. The second-order valence-electron chi connectivity index (χ2n) is 9.00. The number of pyridine rings is 1. The number of amides is 1. The molecule has 4 N–H and O–H groups in total. The van der Waals surface area contributed by atoms with Gasteiger partial charge in [-0.2, -0.15) is 0 Å². The van der Waals surface area contributed by atoms with Gasteiger partial charge in [0.05, 0.1) is 11.6 Å². The summed E-state index contributed by atoms with van der Waals surface area (Å²) in [4.78, 5) is 28.6. The lowest BCUT2D eigenvalue weighted by Gasteiger charge is -2.40. The molecule has 7 heteroatoms.